The SMILES string of the molecule is CCCCN(CCN=[N+]=[N-])C(=O)[C@H](CC(=O)NC[C@@H]1CCCN(C(=O)OC(C)(C)C)C1)NS(=O)(=O)c1ccc2ccccc2c1. The Bertz CT molecular complexity index is 1490. The zero-order valence-electron chi connectivity index (χ0n) is 26.6. The standard InChI is InChI=1S/C31H45N7O6S/c1-5-6-16-37(18-15-34-36-32)29(40)27(35-45(42,43)26-14-13-24-11-7-8-12-25(24)19-26)20-28(39)33-21-23-10-9-17-38(22-23)30(41)44-31(2,3)4/h7-8,11-14,19,23,27,35H,5-6,9-10,15-18,20-22H2,1-4H3,(H,33,39)/t23-,27-/m0/s1. The highest BCUT2D eigenvalue weighted by molar-refractivity contribution is 7.89. The summed E-state index contributed by atoms with van der Waals surface area (Å²) in [5.74, 6) is -1.11. The zero-order chi connectivity index (χ0) is 33.0. The van der Waals surface area contributed by atoms with Crippen molar-refractivity contribution in [3.63, 3.8) is 0 Å². The van der Waals surface area contributed by atoms with E-state index in [9.17, 15) is 22.8 Å². The van der Waals surface area contributed by atoms with Crippen molar-refractivity contribution in [2.24, 2.45) is 11.0 Å². The van der Waals surface area contributed by atoms with Crippen LogP contribution in [0.25, 0.3) is 21.2 Å². The van der Waals surface area contributed by atoms with Crippen molar-refractivity contribution in [1.82, 2.24) is 19.8 Å². The van der Waals surface area contributed by atoms with Crippen LogP contribution >= 0.6 is 0 Å². The largest absolute Gasteiger partial charge is 0.444 e. The maximum absolute atomic E-state index is 13.8. The Morgan fingerprint density at radius 1 is 1.16 bits per heavy atom. The summed E-state index contributed by atoms with van der Waals surface area (Å²) >= 11 is 0. The monoisotopic (exact) mass is 643 g/mol. The van der Waals surface area contributed by atoms with Gasteiger partial charge in [0.25, 0.3) is 0 Å². The van der Waals surface area contributed by atoms with E-state index >= 15 is 0 Å². The number of nitrogens with one attached hydrogen (secondary N) is 2. The maximum Gasteiger partial charge on any atom is 0.410 e. The number of rotatable bonds is 14. The van der Waals surface area contributed by atoms with Crippen LogP contribution in [-0.4, -0.2) is 87.0 Å². The van der Waals surface area contributed by atoms with E-state index in [0.717, 1.165) is 24.6 Å². The molecule has 2 atom stereocenters. The van der Waals surface area contributed by atoms with Gasteiger partial charge in [-0.05, 0) is 74.4 Å². The summed E-state index contributed by atoms with van der Waals surface area (Å²) in [6.07, 6.45) is 2.14. The summed E-state index contributed by atoms with van der Waals surface area (Å²) in [5, 5.41) is 7.94. The third-order valence-corrected chi connectivity index (χ3v) is 8.87. The molecule has 0 saturated carbocycles. The molecule has 3 amide bonds. The number of hydrogen-bond acceptors (Lipinski definition) is 7. The number of ether oxygens (including phenoxy) is 1. The van der Waals surface area contributed by atoms with Crippen LogP contribution in [0, 0.1) is 5.92 Å². The van der Waals surface area contributed by atoms with Gasteiger partial charge in [-0.2, -0.15) is 4.72 Å². The fourth-order valence-corrected chi connectivity index (χ4v) is 6.34. The molecule has 1 aliphatic heterocycles. The molecule has 0 aromatic heterocycles. The smallest absolute Gasteiger partial charge is 0.410 e. The molecule has 2 aromatic rings. The molecular formula is C31H45N7O6S. The first-order valence-electron chi connectivity index (χ1n) is 15.4. The summed E-state index contributed by atoms with van der Waals surface area (Å²) < 4.78 is 35.1. The van der Waals surface area contributed by atoms with Gasteiger partial charge in [0, 0.05) is 44.2 Å². The molecule has 0 spiro atoms. The van der Waals surface area contributed by atoms with Crippen molar-refractivity contribution in [2.75, 3.05) is 39.3 Å². The van der Waals surface area contributed by atoms with E-state index < -0.39 is 46.0 Å². The van der Waals surface area contributed by atoms with E-state index in [1.165, 1.54) is 17.0 Å². The predicted molar refractivity (Wildman–Crippen MR) is 172 cm³/mol. The van der Waals surface area contributed by atoms with Crippen LogP contribution in [0.15, 0.2) is 52.5 Å². The minimum Gasteiger partial charge on any atom is -0.444 e. The van der Waals surface area contributed by atoms with Gasteiger partial charge in [0.05, 0.1) is 11.3 Å². The van der Waals surface area contributed by atoms with Crippen LogP contribution < -0.4 is 10.0 Å². The van der Waals surface area contributed by atoms with Gasteiger partial charge in [-0.25, -0.2) is 13.2 Å². The van der Waals surface area contributed by atoms with Gasteiger partial charge in [0.2, 0.25) is 21.8 Å². The molecule has 45 heavy (non-hydrogen) atoms. The third kappa shape index (κ3) is 11.2. The van der Waals surface area contributed by atoms with Crippen LogP contribution in [0.5, 0.6) is 0 Å². The van der Waals surface area contributed by atoms with E-state index in [2.05, 4.69) is 20.1 Å². The Kier molecular flexibility index (Phi) is 13.0. The van der Waals surface area contributed by atoms with Gasteiger partial charge in [0.1, 0.15) is 11.6 Å². The summed E-state index contributed by atoms with van der Waals surface area (Å²) in [6.45, 7) is 9.02. The molecule has 14 heteroatoms. The van der Waals surface area contributed by atoms with Crippen LogP contribution in [-0.2, 0) is 24.3 Å². The number of nitrogens with zero attached hydrogens (tertiary/aromatic N) is 5. The van der Waals surface area contributed by atoms with E-state index in [-0.39, 0.29) is 30.4 Å². The van der Waals surface area contributed by atoms with Crippen LogP contribution in [0.1, 0.15) is 59.8 Å². The zero-order valence-corrected chi connectivity index (χ0v) is 27.4. The molecule has 0 aliphatic carbocycles. The Labute approximate surface area is 265 Å². The average molecular weight is 644 g/mol. The van der Waals surface area contributed by atoms with Gasteiger partial charge in [0.15, 0.2) is 0 Å². The fourth-order valence-electron chi connectivity index (χ4n) is 5.12. The second kappa shape index (κ2) is 16.4. The number of carbonyl (C=O) groups excluding carboxylic acids is 3. The molecule has 1 fully saturated rings. The number of piperidine rings is 1. The number of hydrogen-bond donors (Lipinski definition) is 2. The van der Waals surface area contributed by atoms with Crippen molar-refractivity contribution in [2.45, 2.75) is 76.3 Å². The molecule has 2 N–H and O–H groups in total. The first-order valence-corrected chi connectivity index (χ1v) is 16.9. The molecule has 1 heterocycles. The quantitative estimate of drug-likeness (QED) is 0.173. The Morgan fingerprint density at radius 2 is 1.89 bits per heavy atom. The summed E-state index contributed by atoms with van der Waals surface area (Å²) in [7, 11) is -4.21. The van der Waals surface area contributed by atoms with Crippen molar-refractivity contribution >= 4 is 38.7 Å². The van der Waals surface area contributed by atoms with Gasteiger partial charge in [-0.15, -0.1) is 0 Å². The first kappa shape index (κ1) is 35.6. The van der Waals surface area contributed by atoms with Gasteiger partial charge >= 0.3 is 6.09 Å². The van der Waals surface area contributed by atoms with Gasteiger partial charge < -0.3 is 19.9 Å². The molecule has 2 aromatic carbocycles. The average Bonchev–Trinajstić information content (AvgIpc) is 3.00. The lowest BCUT2D eigenvalue weighted by Crippen LogP contribution is -2.51. The lowest BCUT2D eigenvalue weighted by atomic mass is 9.98. The number of amides is 3. The molecule has 3 rings (SSSR count). The Morgan fingerprint density at radius 3 is 2.58 bits per heavy atom. The second-order valence-electron chi connectivity index (χ2n) is 12.3. The van der Waals surface area contributed by atoms with E-state index in [4.69, 9.17) is 10.3 Å². The van der Waals surface area contributed by atoms with Crippen molar-refractivity contribution in [3.8, 4) is 0 Å². The number of sulfonamides is 1. The molecule has 0 unspecified atom stereocenters. The van der Waals surface area contributed by atoms with Crippen LogP contribution in [0.4, 0.5) is 4.79 Å². The summed E-state index contributed by atoms with van der Waals surface area (Å²) in [4.78, 5) is 45.3. The highest BCUT2D eigenvalue weighted by Crippen LogP contribution is 2.21. The minimum atomic E-state index is -4.21. The van der Waals surface area contributed by atoms with Crippen LogP contribution in [0.2, 0.25) is 0 Å². The van der Waals surface area contributed by atoms with E-state index in [0.29, 0.717) is 31.4 Å². The fraction of sp³-hybridized carbons (Fsp3) is 0.581. The number of carbonyl (C=O) groups is 3. The third-order valence-electron chi connectivity index (χ3n) is 7.40. The highest BCUT2D eigenvalue weighted by atomic mass is 32.2. The summed E-state index contributed by atoms with van der Waals surface area (Å²) in [5.41, 5.74) is 8.10. The normalized spacial score (nSPS) is 16.0. The first-order chi connectivity index (χ1) is 21.3. The predicted octanol–water partition coefficient (Wildman–Crippen LogP) is 4.58. The van der Waals surface area contributed by atoms with Crippen molar-refractivity contribution in [1.29, 1.82) is 0 Å². The lowest BCUT2D eigenvalue weighted by molar-refractivity contribution is -0.135. The molecule has 0 bridgehead atoms. The number of likely N-dealkylation sites (tertiary alicyclic amines) is 1. The van der Waals surface area contributed by atoms with Crippen molar-refractivity contribution in [3.05, 3.63) is 52.9 Å². The second-order valence-corrected chi connectivity index (χ2v) is 14.0. The highest BCUT2D eigenvalue weighted by Gasteiger charge is 2.32. The maximum atomic E-state index is 13.8. The molecule has 1 saturated heterocycles. The van der Waals surface area contributed by atoms with Crippen LogP contribution in [0.3, 0.4) is 0 Å². The number of fused-ring (bicyclic) bond motifs is 1. The number of benzene rings is 2. The molecule has 246 valence electrons. The lowest BCUT2D eigenvalue weighted by Gasteiger charge is -2.34. The van der Waals surface area contributed by atoms with E-state index in [1.54, 1.807) is 43.9 Å². The summed E-state index contributed by atoms with van der Waals surface area (Å²) in [6, 6.07) is 10.6. The Hall–Kier alpha value is -3.87. The van der Waals surface area contributed by atoms with Gasteiger partial charge in [-0.3, -0.25) is 9.59 Å². The Balaban J connectivity index is 1.76. The topological polar surface area (TPSA) is 174 Å². The minimum absolute atomic E-state index is 0.0120. The molecule has 13 nitrogen and oxygen atoms in total. The molecular weight excluding hydrogens is 598 g/mol. The van der Waals surface area contributed by atoms with E-state index in [1.807, 2.05) is 19.1 Å². The van der Waals surface area contributed by atoms with Gasteiger partial charge in [-0.1, -0.05) is 48.8 Å². The van der Waals surface area contributed by atoms with Crippen molar-refractivity contribution < 1.29 is 27.5 Å². The molecule has 0 radical (unpaired) electrons. The number of unbranched alkanes of at least 4 members (excludes halogenated alkanes) is 1. The number of azide groups is 1. The molecule has 1 aliphatic rings.